The SMILES string of the molecule is CC(Oc1ccc2[nH]nc(C=Cc3cnn(CCO)c3)c2c1)c1c(Cl)cncc1Cl.O. The Bertz CT molecular complexity index is 1180. The minimum Gasteiger partial charge on any atom is -0.486 e. The van der Waals surface area contributed by atoms with Gasteiger partial charge in [0.15, 0.2) is 0 Å². The molecule has 3 aromatic heterocycles. The van der Waals surface area contributed by atoms with Gasteiger partial charge in [-0.3, -0.25) is 14.8 Å². The van der Waals surface area contributed by atoms with Gasteiger partial charge in [-0.25, -0.2) is 0 Å². The maximum Gasteiger partial charge on any atom is 0.124 e. The fourth-order valence-electron chi connectivity index (χ4n) is 3.15. The molecule has 0 amide bonds. The number of halogens is 2. The Morgan fingerprint density at radius 2 is 1.97 bits per heavy atom. The molecule has 8 nitrogen and oxygen atoms in total. The van der Waals surface area contributed by atoms with E-state index >= 15 is 0 Å². The van der Waals surface area contributed by atoms with E-state index in [9.17, 15) is 0 Å². The van der Waals surface area contributed by atoms with Crippen molar-refractivity contribution in [1.29, 1.82) is 0 Å². The lowest BCUT2D eigenvalue weighted by Gasteiger charge is -2.17. The van der Waals surface area contributed by atoms with Crippen molar-refractivity contribution >= 4 is 46.3 Å². The Balaban J connectivity index is 0.00000272. The minimum absolute atomic E-state index is 0. The normalized spacial score (nSPS) is 12.3. The third kappa shape index (κ3) is 5.05. The molecule has 0 aliphatic carbocycles. The van der Waals surface area contributed by atoms with Crippen LogP contribution in [-0.2, 0) is 6.54 Å². The number of hydrogen-bond acceptors (Lipinski definition) is 5. The second-order valence-corrected chi connectivity index (χ2v) is 7.50. The summed E-state index contributed by atoms with van der Waals surface area (Å²) < 4.78 is 7.77. The van der Waals surface area contributed by atoms with Gasteiger partial charge in [0.25, 0.3) is 0 Å². The molecule has 0 radical (unpaired) electrons. The summed E-state index contributed by atoms with van der Waals surface area (Å²) in [5.41, 5.74) is 3.28. The molecule has 1 unspecified atom stereocenters. The summed E-state index contributed by atoms with van der Waals surface area (Å²) in [5, 5.41) is 22.4. The monoisotopic (exact) mass is 461 g/mol. The number of rotatable bonds is 7. The van der Waals surface area contributed by atoms with Crippen LogP contribution in [0.15, 0.2) is 43.0 Å². The average Bonchev–Trinajstić information content (AvgIpc) is 3.33. The number of aliphatic hydroxyl groups excluding tert-OH is 1. The number of benzene rings is 1. The topological polar surface area (TPSA) is 120 Å². The van der Waals surface area contributed by atoms with Gasteiger partial charge in [-0.2, -0.15) is 10.2 Å². The van der Waals surface area contributed by atoms with E-state index in [-0.39, 0.29) is 18.2 Å². The molecule has 3 heterocycles. The Morgan fingerprint density at radius 1 is 1.19 bits per heavy atom. The number of hydrogen-bond donors (Lipinski definition) is 2. The lowest BCUT2D eigenvalue weighted by atomic mass is 10.1. The molecule has 1 aromatic carbocycles. The zero-order chi connectivity index (χ0) is 21.1. The number of H-pyrrole nitrogens is 1. The quantitative estimate of drug-likeness (QED) is 0.431. The fourth-order valence-corrected chi connectivity index (χ4v) is 3.82. The van der Waals surface area contributed by atoms with Crippen LogP contribution in [0.2, 0.25) is 10.0 Å². The van der Waals surface area contributed by atoms with Crippen LogP contribution in [0.3, 0.4) is 0 Å². The van der Waals surface area contributed by atoms with E-state index in [1.165, 1.54) is 0 Å². The highest BCUT2D eigenvalue weighted by Crippen LogP contribution is 2.33. The van der Waals surface area contributed by atoms with E-state index in [0.29, 0.717) is 27.9 Å². The van der Waals surface area contributed by atoms with Gasteiger partial charge in [0.05, 0.1) is 40.6 Å². The second-order valence-electron chi connectivity index (χ2n) is 6.69. The van der Waals surface area contributed by atoms with Crippen molar-refractivity contribution in [3.05, 3.63) is 69.9 Å². The van der Waals surface area contributed by atoms with Gasteiger partial charge in [0.2, 0.25) is 0 Å². The molecule has 1 atom stereocenters. The fraction of sp³-hybridized carbons (Fsp3) is 0.190. The van der Waals surface area contributed by atoms with Crippen molar-refractivity contribution in [1.82, 2.24) is 25.0 Å². The summed E-state index contributed by atoms with van der Waals surface area (Å²) in [6, 6.07) is 5.70. The molecule has 0 fully saturated rings. The molecule has 0 saturated carbocycles. The number of ether oxygens (including phenoxy) is 1. The summed E-state index contributed by atoms with van der Waals surface area (Å²) in [6.07, 6.45) is 10.2. The first-order valence-corrected chi connectivity index (χ1v) is 10.1. The van der Waals surface area contributed by atoms with Gasteiger partial charge >= 0.3 is 0 Å². The van der Waals surface area contributed by atoms with Crippen molar-refractivity contribution < 1.29 is 15.3 Å². The van der Waals surface area contributed by atoms with Crippen LogP contribution in [0.5, 0.6) is 5.75 Å². The highest BCUT2D eigenvalue weighted by molar-refractivity contribution is 6.35. The molecular weight excluding hydrogens is 441 g/mol. The maximum atomic E-state index is 9.00. The first-order chi connectivity index (χ1) is 14.5. The lowest BCUT2D eigenvalue weighted by molar-refractivity contribution is 0.227. The predicted molar refractivity (Wildman–Crippen MR) is 121 cm³/mol. The van der Waals surface area contributed by atoms with E-state index in [1.54, 1.807) is 23.3 Å². The van der Waals surface area contributed by atoms with Gasteiger partial charge in [-0.15, -0.1) is 0 Å². The zero-order valence-corrected chi connectivity index (χ0v) is 18.1. The number of nitrogens with one attached hydrogen (secondary N) is 1. The third-order valence-electron chi connectivity index (χ3n) is 4.59. The van der Waals surface area contributed by atoms with Crippen LogP contribution >= 0.6 is 23.2 Å². The molecule has 31 heavy (non-hydrogen) atoms. The standard InChI is InChI=1S/C21H19Cl2N5O2.H2O/c1-13(21-17(22)10-24-11-18(21)23)30-15-3-5-20-16(8-15)19(26-27-20)4-2-14-9-25-28(12-14)6-7-29;/h2-5,8-13,29H,6-7H2,1H3,(H,26,27);1H2. The minimum atomic E-state index is -0.353. The third-order valence-corrected chi connectivity index (χ3v) is 5.19. The van der Waals surface area contributed by atoms with E-state index in [0.717, 1.165) is 22.2 Å². The molecule has 0 spiro atoms. The van der Waals surface area contributed by atoms with Crippen LogP contribution < -0.4 is 4.74 Å². The summed E-state index contributed by atoms with van der Waals surface area (Å²) >= 11 is 12.5. The molecule has 0 saturated heterocycles. The molecule has 10 heteroatoms. The van der Waals surface area contributed by atoms with Crippen LogP contribution in [0.1, 0.15) is 29.8 Å². The molecule has 4 aromatic rings. The van der Waals surface area contributed by atoms with Crippen molar-refractivity contribution in [3.8, 4) is 5.75 Å². The Morgan fingerprint density at radius 3 is 2.71 bits per heavy atom. The molecular formula is C21H21Cl2N5O3. The van der Waals surface area contributed by atoms with Crippen LogP contribution in [0, 0.1) is 0 Å². The molecule has 4 rings (SSSR count). The van der Waals surface area contributed by atoms with E-state index in [4.69, 9.17) is 33.0 Å². The van der Waals surface area contributed by atoms with Crippen LogP contribution in [0.4, 0.5) is 0 Å². The smallest absolute Gasteiger partial charge is 0.124 e. The Labute approximate surface area is 188 Å². The highest BCUT2D eigenvalue weighted by Gasteiger charge is 2.16. The molecule has 0 bridgehead atoms. The van der Waals surface area contributed by atoms with Gasteiger partial charge in [-0.1, -0.05) is 23.2 Å². The van der Waals surface area contributed by atoms with Gasteiger partial charge < -0.3 is 15.3 Å². The number of nitrogens with zero attached hydrogens (tertiary/aromatic N) is 4. The van der Waals surface area contributed by atoms with Crippen molar-refractivity contribution in [2.24, 2.45) is 0 Å². The van der Waals surface area contributed by atoms with Crippen LogP contribution in [0.25, 0.3) is 23.1 Å². The average molecular weight is 462 g/mol. The second kappa shape index (κ2) is 9.93. The van der Waals surface area contributed by atoms with Crippen molar-refractivity contribution in [2.45, 2.75) is 19.6 Å². The van der Waals surface area contributed by atoms with Gasteiger partial charge in [0, 0.05) is 35.1 Å². The Kier molecular flexibility index (Phi) is 7.29. The summed E-state index contributed by atoms with van der Waals surface area (Å²) in [7, 11) is 0. The van der Waals surface area contributed by atoms with E-state index in [2.05, 4.69) is 20.3 Å². The molecule has 162 valence electrons. The lowest BCUT2D eigenvalue weighted by Crippen LogP contribution is -2.05. The zero-order valence-electron chi connectivity index (χ0n) is 16.6. The first-order valence-electron chi connectivity index (χ1n) is 9.30. The number of aliphatic hydroxyl groups is 1. The largest absolute Gasteiger partial charge is 0.486 e. The molecule has 0 aliphatic rings. The number of aromatic amines is 1. The number of fused-ring (bicyclic) bond motifs is 1. The van der Waals surface area contributed by atoms with Crippen molar-refractivity contribution in [2.75, 3.05) is 6.61 Å². The maximum absolute atomic E-state index is 9.00. The summed E-state index contributed by atoms with van der Waals surface area (Å²) in [5.74, 6) is 0.672. The molecule has 4 N–H and O–H groups in total. The molecule has 0 aliphatic heterocycles. The number of aromatic nitrogens is 5. The number of pyridine rings is 1. The Hall–Kier alpha value is -2.91. The van der Waals surface area contributed by atoms with Gasteiger partial charge in [0.1, 0.15) is 11.9 Å². The van der Waals surface area contributed by atoms with Gasteiger partial charge in [-0.05, 0) is 37.3 Å². The van der Waals surface area contributed by atoms with Crippen molar-refractivity contribution in [3.63, 3.8) is 0 Å². The van der Waals surface area contributed by atoms with E-state index in [1.807, 2.05) is 43.5 Å². The predicted octanol–water partition coefficient (Wildman–Crippen LogP) is 3.94. The van der Waals surface area contributed by atoms with E-state index < -0.39 is 0 Å². The first kappa shape index (κ1) is 22.8. The van der Waals surface area contributed by atoms with Crippen LogP contribution in [-0.4, -0.2) is 42.2 Å². The summed E-state index contributed by atoms with van der Waals surface area (Å²) in [6.45, 7) is 2.40. The highest BCUT2D eigenvalue weighted by atomic mass is 35.5. The summed E-state index contributed by atoms with van der Waals surface area (Å²) in [4.78, 5) is 3.98.